The first-order valence-corrected chi connectivity index (χ1v) is 8.29. The van der Waals surface area contributed by atoms with Crippen molar-refractivity contribution in [2.75, 3.05) is 27.3 Å². The Morgan fingerprint density at radius 2 is 2.12 bits per heavy atom. The maximum Gasteiger partial charge on any atom is 0.314 e. The van der Waals surface area contributed by atoms with E-state index in [0.717, 1.165) is 30.8 Å². The summed E-state index contributed by atoms with van der Waals surface area (Å²) in [6, 6.07) is 6.25. The summed E-state index contributed by atoms with van der Waals surface area (Å²) in [6.45, 7) is 1.84. The van der Waals surface area contributed by atoms with Gasteiger partial charge in [0, 0.05) is 37.3 Å². The van der Waals surface area contributed by atoms with Crippen molar-refractivity contribution in [1.29, 1.82) is 0 Å². The molecule has 126 valence electrons. The van der Waals surface area contributed by atoms with Crippen molar-refractivity contribution in [2.45, 2.75) is 12.5 Å². The molecule has 4 rings (SSSR count). The fraction of sp³-hybridized carbons (Fsp3) is 0.421. The van der Waals surface area contributed by atoms with Gasteiger partial charge in [0.25, 0.3) is 0 Å². The Labute approximate surface area is 141 Å². The van der Waals surface area contributed by atoms with E-state index >= 15 is 0 Å². The highest BCUT2D eigenvalue weighted by Gasteiger charge is 2.41. The lowest BCUT2D eigenvalue weighted by Gasteiger charge is -2.41. The molecule has 5 nitrogen and oxygen atoms in total. The molecule has 0 fully saturated rings. The molecule has 0 aliphatic carbocycles. The molecule has 0 spiro atoms. The summed E-state index contributed by atoms with van der Waals surface area (Å²) in [4.78, 5) is 14.7. The fourth-order valence-electron chi connectivity index (χ4n) is 4.24. The number of aryl methyl sites for hydroxylation is 1. The number of carbonyl (C=O) groups excluding carboxylic acids is 1. The predicted octanol–water partition coefficient (Wildman–Crippen LogP) is 2.45. The van der Waals surface area contributed by atoms with Crippen LogP contribution in [0.5, 0.6) is 5.75 Å². The number of aromatic nitrogens is 1. The summed E-state index contributed by atoms with van der Waals surface area (Å²) in [6.07, 6.45) is 5.08. The maximum atomic E-state index is 12.3. The second-order valence-electron chi connectivity index (χ2n) is 6.47. The van der Waals surface area contributed by atoms with Gasteiger partial charge in [0.05, 0.1) is 31.7 Å². The van der Waals surface area contributed by atoms with Gasteiger partial charge in [0.15, 0.2) is 0 Å². The number of hydrogen-bond acceptors (Lipinski definition) is 4. The Balaban J connectivity index is 1.92. The van der Waals surface area contributed by atoms with Crippen LogP contribution in [0, 0.1) is 5.92 Å². The van der Waals surface area contributed by atoms with Crippen LogP contribution >= 0.6 is 0 Å². The molecule has 0 N–H and O–H groups in total. The fourth-order valence-corrected chi connectivity index (χ4v) is 4.24. The Bertz CT molecular complexity index is 837. The lowest BCUT2D eigenvalue weighted by Crippen LogP contribution is -2.44. The summed E-state index contributed by atoms with van der Waals surface area (Å²) in [5.74, 6) is 0.426. The molecule has 24 heavy (non-hydrogen) atoms. The minimum atomic E-state index is -0.257. The Hall–Kier alpha value is -2.27. The molecule has 0 radical (unpaired) electrons. The number of fused-ring (bicyclic) bond motifs is 5. The minimum Gasteiger partial charge on any atom is -0.497 e. The standard InChI is InChI=1S/C19H22N2O3/c1-20-16-11-12(23-2)6-7-13(16)14-8-10-21-9-4-5-15(19(22)24-3)18(21)17(14)20/h4-7,11,15,18H,8-10H2,1-3H3/t15?,18-/m0/s1. The van der Waals surface area contributed by atoms with Crippen molar-refractivity contribution in [3.8, 4) is 5.75 Å². The first kappa shape index (κ1) is 15.3. The van der Waals surface area contributed by atoms with Crippen LogP contribution in [0.4, 0.5) is 0 Å². The van der Waals surface area contributed by atoms with E-state index < -0.39 is 0 Å². The first-order chi connectivity index (χ1) is 11.7. The molecule has 0 amide bonds. The average Bonchev–Trinajstić information content (AvgIpc) is 2.92. The molecule has 2 aromatic rings. The normalized spacial score (nSPS) is 23.0. The summed E-state index contributed by atoms with van der Waals surface area (Å²) >= 11 is 0. The van der Waals surface area contributed by atoms with E-state index in [9.17, 15) is 4.79 Å². The summed E-state index contributed by atoms with van der Waals surface area (Å²) < 4.78 is 12.7. The van der Waals surface area contributed by atoms with Crippen LogP contribution in [-0.4, -0.2) is 42.7 Å². The quantitative estimate of drug-likeness (QED) is 0.628. The summed E-state index contributed by atoms with van der Waals surface area (Å²) in [7, 11) is 5.23. The highest BCUT2D eigenvalue weighted by atomic mass is 16.5. The average molecular weight is 326 g/mol. The van der Waals surface area contributed by atoms with Gasteiger partial charge < -0.3 is 14.0 Å². The maximum absolute atomic E-state index is 12.3. The molecular formula is C19H22N2O3. The second-order valence-corrected chi connectivity index (χ2v) is 6.47. The number of carbonyl (C=O) groups is 1. The topological polar surface area (TPSA) is 43.7 Å². The third kappa shape index (κ3) is 2.08. The molecule has 1 aromatic carbocycles. The van der Waals surface area contributed by atoms with Crippen LogP contribution < -0.4 is 4.74 Å². The van der Waals surface area contributed by atoms with E-state index in [0.29, 0.717) is 0 Å². The molecule has 0 saturated carbocycles. The molecular weight excluding hydrogens is 304 g/mol. The Morgan fingerprint density at radius 3 is 2.88 bits per heavy atom. The minimum absolute atomic E-state index is 0.0367. The van der Waals surface area contributed by atoms with E-state index in [4.69, 9.17) is 9.47 Å². The third-order valence-corrected chi connectivity index (χ3v) is 5.38. The lowest BCUT2D eigenvalue weighted by molar-refractivity contribution is -0.146. The van der Waals surface area contributed by atoms with Crippen LogP contribution in [0.2, 0.25) is 0 Å². The largest absolute Gasteiger partial charge is 0.497 e. The van der Waals surface area contributed by atoms with Crippen LogP contribution in [0.1, 0.15) is 17.3 Å². The van der Waals surface area contributed by atoms with Crippen molar-refractivity contribution in [2.24, 2.45) is 13.0 Å². The zero-order valence-electron chi connectivity index (χ0n) is 14.3. The smallest absolute Gasteiger partial charge is 0.314 e. The first-order valence-electron chi connectivity index (χ1n) is 8.29. The Kier molecular flexibility index (Phi) is 3.61. The van der Waals surface area contributed by atoms with E-state index in [-0.39, 0.29) is 17.9 Å². The number of ether oxygens (including phenoxy) is 2. The zero-order valence-corrected chi connectivity index (χ0v) is 14.3. The van der Waals surface area contributed by atoms with E-state index in [1.165, 1.54) is 23.8 Å². The van der Waals surface area contributed by atoms with Gasteiger partial charge in [-0.05, 0) is 24.1 Å². The van der Waals surface area contributed by atoms with Crippen molar-refractivity contribution in [3.63, 3.8) is 0 Å². The molecule has 5 heteroatoms. The van der Waals surface area contributed by atoms with Crippen molar-refractivity contribution >= 4 is 16.9 Å². The number of esters is 1. The second kappa shape index (κ2) is 5.67. The highest BCUT2D eigenvalue weighted by Crippen LogP contribution is 2.43. The number of hydrogen-bond donors (Lipinski definition) is 0. The van der Waals surface area contributed by atoms with Gasteiger partial charge in [-0.1, -0.05) is 12.2 Å². The third-order valence-electron chi connectivity index (χ3n) is 5.38. The molecule has 2 atom stereocenters. The summed E-state index contributed by atoms with van der Waals surface area (Å²) in [5, 5.41) is 1.26. The van der Waals surface area contributed by atoms with Crippen LogP contribution in [0.25, 0.3) is 10.9 Å². The Morgan fingerprint density at radius 1 is 1.29 bits per heavy atom. The lowest BCUT2D eigenvalue weighted by atomic mass is 9.86. The van der Waals surface area contributed by atoms with Gasteiger partial charge in [-0.15, -0.1) is 0 Å². The van der Waals surface area contributed by atoms with Crippen LogP contribution in [0.3, 0.4) is 0 Å². The van der Waals surface area contributed by atoms with Gasteiger partial charge in [-0.25, -0.2) is 0 Å². The van der Waals surface area contributed by atoms with Gasteiger partial charge in [0.2, 0.25) is 0 Å². The molecule has 2 aliphatic rings. The molecule has 0 saturated heterocycles. The van der Waals surface area contributed by atoms with E-state index in [2.05, 4.69) is 34.7 Å². The van der Waals surface area contributed by atoms with Crippen molar-refractivity contribution in [3.05, 3.63) is 41.6 Å². The molecule has 3 heterocycles. The zero-order chi connectivity index (χ0) is 16.8. The van der Waals surface area contributed by atoms with Gasteiger partial charge in [-0.3, -0.25) is 9.69 Å². The molecule has 1 aromatic heterocycles. The number of rotatable bonds is 2. The van der Waals surface area contributed by atoms with Crippen LogP contribution in [-0.2, 0) is 23.0 Å². The number of nitrogens with zero attached hydrogens (tertiary/aromatic N) is 2. The number of benzene rings is 1. The van der Waals surface area contributed by atoms with Crippen molar-refractivity contribution in [1.82, 2.24) is 9.47 Å². The predicted molar refractivity (Wildman–Crippen MR) is 92.1 cm³/mol. The van der Waals surface area contributed by atoms with E-state index in [1.54, 1.807) is 7.11 Å². The van der Waals surface area contributed by atoms with E-state index in [1.807, 2.05) is 12.1 Å². The monoisotopic (exact) mass is 326 g/mol. The molecule has 1 unspecified atom stereocenters. The van der Waals surface area contributed by atoms with Gasteiger partial charge in [-0.2, -0.15) is 0 Å². The van der Waals surface area contributed by atoms with Gasteiger partial charge >= 0.3 is 5.97 Å². The van der Waals surface area contributed by atoms with Crippen LogP contribution in [0.15, 0.2) is 30.4 Å². The summed E-state index contributed by atoms with van der Waals surface area (Å²) in [5.41, 5.74) is 3.73. The highest BCUT2D eigenvalue weighted by molar-refractivity contribution is 5.88. The molecule has 0 bridgehead atoms. The SMILES string of the molecule is COC(=O)C1C=CCN2CCc3c(n(C)c4cc(OC)ccc34)[C@H]12. The number of methoxy groups -OCH3 is 2. The van der Waals surface area contributed by atoms with Crippen molar-refractivity contribution < 1.29 is 14.3 Å². The van der Waals surface area contributed by atoms with Gasteiger partial charge in [0.1, 0.15) is 5.75 Å². The molecule has 2 aliphatic heterocycles.